The molecule has 0 bridgehead atoms. The van der Waals surface area contributed by atoms with Gasteiger partial charge in [-0.25, -0.2) is 0 Å². The maximum absolute atomic E-state index is 11.8. The first-order valence-corrected chi connectivity index (χ1v) is 6.95. The quantitative estimate of drug-likeness (QED) is 0.593. The molecule has 0 spiro atoms. The van der Waals surface area contributed by atoms with Gasteiger partial charge in [0.1, 0.15) is 0 Å². The van der Waals surface area contributed by atoms with Gasteiger partial charge in [-0.05, 0) is 76.1 Å². The number of unbranched alkanes of at least 4 members (excludes halogenated alkanes) is 1. The smallest absolute Gasteiger partial charge is 0.252 e. The second kappa shape index (κ2) is 7.24. The second-order valence-electron chi connectivity index (χ2n) is 3.38. The van der Waals surface area contributed by atoms with Gasteiger partial charge in [0, 0.05) is 14.6 Å². The Kier molecular flexibility index (Phi) is 6.30. The standard InChI is InChI=1S/C11H14BrIN2O/c12-10-4-3-8(13)7-9(10)11(16)15-6-2-1-5-14/h3-4,7H,1-2,5-6,14H2,(H,15,16). The third kappa shape index (κ3) is 4.39. The molecule has 0 radical (unpaired) electrons. The largest absolute Gasteiger partial charge is 0.352 e. The lowest BCUT2D eigenvalue weighted by atomic mass is 10.2. The Morgan fingerprint density at radius 3 is 2.88 bits per heavy atom. The molecule has 1 aromatic carbocycles. The Balaban J connectivity index is 2.55. The lowest BCUT2D eigenvalue weighted by Crippen LogP contribution is -2.25. The van der Waals surface area contributed by atoms with E-state index in [4.69, 9.17) is 5.73 Å². The predicted molar refractivity (Wildman–Crippen MR) is 77.5 cm³/mol. The number of nitrogens with one attached hydrogen (secondary N) is 1. The summed E-state index contributed by atoms with van der Waals surface area (Å²) in [6, 6.07) is 5.70. The summed E-state index contributed by atoms with van der Waals surface area (Å²) in [4.78, 5) is 11.8. The number of hydrogen-bond acceptors (Lipinski definition) is 2. The number of carbonyl (C=O) groups is 1. The molecule has 88 valence electrons. The average Bonchev–Trinajstić information content (AvgIpc) is 2.27. The molecule has 3 nitrogen and oxygen atoms in total. The van der Waals surface area contributed by atoms with E-state index in [0.717, 1.165) is 20.9 Å². The van der Waals surface area contributed by atoms with E-state index >= 15 is 0 Å². The Hall–Kier alpha value is -0.140. The van der Waals surface area contributed by atoms with Crippen molar-refractivity contribution in [1.82, 2.24) is 5.32 Å². The lowest BCUT2D eigenvalue weighted by Gasteiger charge is -2.06. The van der Waals surface area contributed by atoms with Crippen molar-refractivity contribution in [2.45, 2.75) is 12.8 Å². The highest BCUT2D eigenvalue weighted by Gasteiger charge is 2.09. The van der Waals surface area contributed by atoms with E-state index in [-0.39, 0.29) is 5.91 Å². The van der Waals surface area contributed by atoms with Crippen LogP contribution in [0.2, 0.25) is 0 Å². The van der Waals surface area contributed by atoms with E-state index < -0.39 is 0 Å². The van der Waals surface area contributed by atoms with E-state index in [9.17, 15) is 4.79 Å². The molecular weight excluding hydrogens is 383 g/mol. The molecule has 0 aliphatic heterocycles. The van der Waals surface area contributed by atoms with Crippen LogP contribution in [-0.2, 0) is 0 Å². The van der Waals surface area contributed by atoms with Gasteiger partial charge in [-0.1, -0.05) is 0 Å². The van der Waals surface area contributed by atoms with Crippen LogP contribution in [0, 0.1) is 3.57 Å². The summed E-state index contributed by atoms with van der Waals surface area (Å²) in [5.41, 5.74) is 6.06. The Morgan fingerprint density at radius 1 is 1.44 bits per heavy atom. The predicted octanol–water partition coefficient (Wildman–Crippen LogP) is 2.52. The monoisotopic (exact) mass is 396 g/mol. The normalized spacial score (nSPS) is 10.2. The zero-order valence-electron chi connectivity index (χ0n) is 8.80. The summed E-state index contributed by atoms with van der Waals surface area (Å²) >= 11 is 5.56. The summed E-state index contributed by atoms with van der Waals surface area (Å²) in [6.07, 6.45) is 1.86. The molecule has 0 aromatic heterocycles. The van der Waals surface area contributed by atoms with Crippen molar-refractivity contribution in [2.24, 2.45) is 5.73 Å². The third-order valence-electron chi connectivity index (χ3n) is 2.09. The van der Waals surface area contributed by atoms with Gasteiger partial charge in [0.2, 0.25) is 0 Å². The number of hydrogen-bond donors (Lipinski definition) is 2. The third-order valence-corrected chi connectivity index (χ3v) is 3.45. The van der Waals surface area contributed by atoms with E-state index in [0.29, 0.717) is 18.7 Å². The van der Waals surface area contributed by atoms with Crippen molar-refractivity contribution in [3.05, 3.63) is 31.8 Å². The van der Waals surface area contributed by atoms with E-state index in [1.807, 2.05) is 18.2 Å². The van der Waals surface area contributed by atoms with Crippen molar-refractivity contribution in [1.29, 1.82) is 0 Å². The summed E-state index contributed by atoms with van der Waals surface area (Å²) < 4.78 is 1.87. The molecule has 0 aliphatic carbocycles. The Labute approximate surface area is 117 Å². The number of carbonyl (C=O) groups excluding carboxylic acids is 1. The molecule has 16 heavy (non-hydrogen) atoms. The lowest BCUT2D eigenvalue weighted by molar-refractivity contribution is 0.0952. The number of nitrogens with two attached hydrogens (primary N) is 1. The Bertz CT molecular complexity index is 371. The summed E-state index contributed by atoms with van der Waals surface area (Å²) in [5.74, 6) is -0.0394. The van der Waals surface area contributed by atoms with Gasteiger partial charge in [-0.15, -0.1) is 0 Å². The van der Waals surface area contributed by atoms with Gasteiger partial charge in [0.25, 0.3) is 5.91 Å². The van der Waals surface area contributed by atoms with Crippen LogP contribution in [0.25, 0.3) is 0 Å². The summed E-state index contributed by atoms with van der Waals surface area (Å²) in [5, 5.41) is 2.87. The zero-order chi connectivity index (χ0) is 12.0. The molecule has 1 amide bonds. The van der Waals surface area contributed by atoms with Crippen LogP contribution in [0.4, 0.5) is 0 Å². The molecule has 0 saturated carbocycles. The number of halogens is 2. The molecule has 1 rings (SSSR count). The maximum Gasteiger partial charge on any atom is 0.252 e. The van der Waals surface area contributed by atoms with Gasteiger partial charge >= 0.3 is 0 Å². The Morgan fingerprint density at radius 2 is 2.19 bits per heavy atom. The van der Waals surface area contributed by atoms with Crippen molar-refractivity contribution in [3.63, 3.8) is 0 Å². The highest BCUT2D eigenvalue weighted by molar-refractivity contribution is 14.1. The number of benzene rings is 1. The SMILES string of the molecule is NCCCCNC(=O)c1cc(I)ccc1Br. The molecule has 5 heteroatoms. The van der Waals surface area contributed by atoms with E-state index in [1.165, 1.54) is 0 Å². The highest BCUT2D eigenvalue weighted by Crippen LogP contribution is 2.19. The van der Waals surface area contributed by atoms with Gasteiger partial charge < -0.3 is 11.1 Å². The fourth-order valence-electron chi connectivity index (χ4n) is 1.24. The minimum absolute atomic E-state index is 0.0394. The van der Waals surface area contributed by atoms with Crippen LogP contribution in [-0.4, -0.2) is 19.0 Å². The van der Waals surface area contributed by atoms with Crippen molar-refractivity contribution in [3.8, 4) is 0 Å². The fraction of sp³-hybridized carbons (Fsp3) is 0.364. The summed E-state index contributed by atoms with van der Waals surface area (Å²) in [6.45, 7) is 1.34. The van der Waals surface area contributed by atoms with Crippen LogP contribution < -0.4 is 11.1 Å². The topological polar surface area (TPSA) is 55.1 Å². The highest BCUT2D eigenvalue weighted by atomic mass is 127. The number of rotatable bonds is 5. The van der Waals surface area contributed by atoms with Gasteiger partial charge in [-0.3, -0.25) is 4.79 Å². The summed E-state index contributed by atoms with van der Waals surface area (Å²) in [7, 11) is 0. The second-order valence-corrected chi connectivity index (χ2v) is 5.48. The van der Waals surface area contributed by atoms with Gasteiger partial charge in [0.05, 0.1) is 5.56 Å². The van der Waals surface area contributed by atoms with Crippen LogP contribution >= 0.6 is 38.5 Å². The molecule has 0 saturated heterocycles. The molecular formula is C11H14BrIN2O. The fourth-order valence-corrected chi connectivity index (χ4v) is 2.16. The minimum atomic E-state index is -0.0394. The molecule has 0 heterocycles. The zero-order valence-corrected chi connectivity index (χ0v) is 12.5. The van der Waals surface area contributed by atoms with Crippen LogP contribution in [0.3, 0.4) is 0 Å². The van der Waals surface area contributed by atoms with Crippen LogP contribution in [0.5, 0.6) is 0 Å². The van der Waals surface area contributed by atoms with E-state index in [1.54, 1.807) is 0 Å². The molecule has 1 aromatic rings. The first-order chi connectivity index (χ1) is 7.65. The maximum atomic E-state index is 11.8. The molecule has 0 aliphatic rings. The first kappa shape index (κ1) is 13.9. The van der Waals surface area contributed by atoms with Crippen molar-refractivity contribution < 1.29 is 4.79 Å². The molecule has 0 fully saturated rings. The van der Waals surface area contributed by atoms with Gasteiger partial charge in [0.15, 0.2) is 0 Å². The molecule has 0 unspecified atom stereocenters. The minimum Gasteiger partial charge on any atom is -0.352 e. The van der Waals surface area contributed by atoms with Crippen LogP contribution in [0.15, 0.2) is 22.7 Å². The van der Waals surface area contributed by atoms with E-state index in [2.05, 4.69) is 43.8 Å². The molecule has 0 atom stereocenters. The average molecular weight is 397 g/mol. The van der Waals surface area contributed by atoms with Crippen molar-refractivity contribution >= 4 is 44.4 Å². The number of amides is 1. The molecule has 3 N–H and O–H groups in total. The van der Waals surface area contributed by atoms with Gasteiger partial charge in [-0.2, -0.15) is 0 Å². The first-order valence-electron chi connectivity index (χ1n) is 5.08. The van der Waals surface area contributed by atoms with Crippen LogP contribution in [0.1, 0.15) is 23.2 Å². The van der Waals surface area contributed by atoms with Crippen molar-refractivity contribution in [2.75, 3.05) is 13.1 Å².